The summed E-state index contributed by atoms with van der Waals surface area (Å²) in [6.45, 7) is 1.82. The minimum Gasteiger partial charge on any atom is -0.373 e. The van der Waals surface area contributed by atoms with E-state index in [2.05, 4.69) is 33.0 Å². The molecule has 0 aliphatic carbocycles. The van der Waals surface area contributed by atoms with Crippen LogP contribution in [0.1, 0.15) is 12.5 Å². The molecule has 0 radical (unpaired) electrons. The number of hydrazone groups is 1. The zero-order chi connectivity index (χ0) is 18.6. The van der Waals surface area contributed by atoms with Gasteiger partial charge < -0.3 is 10.3 Å². The minimum absolute atomic E-state index is 0.195. The highest BCUT2D eigenvalue weighted by atomic mass is 16.2. The van der Waals surface area contributed by atoms with Crippen molar-refractivity contribution in [3.8, 4) is 0 Å². The maximum atomic E-state index is 12.4. The number of fused-ring (bicyclic) bond motifs is 2. The fourth-order valence-corrected chi connectivity index (χ4v) is 3.11. The number of hydrogen-bond donors (Lipinski definition) is 3. The molecule has 1 aromatic heterocycles. The summed E-state index contributed by atoms with van der Waals surface area (Å²) in [4.78, 5) is 15.6. The van der Waals surface area contributed by atoms with Crippen LogP contribution < -0.4 is 10.7 Å². The lowest BCUT2D eigenvalue weighted by molar-refractivity contribution is -0.121. The van der Waals surface area contributed by atoms with Gasteiger partial charge in [-0.15, -0.1) is 0 Å². The Hall–Kier alpha value is -3.60. The second-order valence-corrected chi connectivity index (χ2v) is 6.42. The summed E-state index contributed by atoms with van der Waals surface area (Å²) in [5.74, 6) is -0.195. The van der Waals surface area contributed by atoms with Crippen molar-refractivity contribution in [1.29, 1.82) is 0 Å². The Kier molecular flexibility index (Phi) is 4.58. The van der Waals surface area contributed by atoms with Gasteiger partial charge in [0.1, 0.15) is 6.04 Å². The minimum atomic E-state index is -0.420. The van der Waals surface area contributed by atoms with E-state index >= 15 is 0 Å². The largest absolute Gasteiger partial charge is 0.373 e. The number of anilines is 1. The van der Waals surface area contributed by atoms with Crippen molar-refractivity contribution in [2.45, 2.75) is 13.0 Å². The Morgan fingerprint density at radius 1 is 1.00 bits per heavy atom. The van der Waals surface area contributed by atoms with Crippen LogP contribution in [0.15, 0.2) is 78.0 Å². The predicted octanol–water partition coefficient (Wildman–Crippen LogP) is 4.27. The van der Waals surface area contributed by atoms with Gasteiger partial charge in [-0.1, -0.05) is 54.6 Å². The van der Waals surface area contributed by atoms with Crippen molar-refractivity contribution >= 4 is 39.5 Å². The van der Waals surface area contributed by atoms with Gasteiger partial charge in [0.05, 0.1) is 6.21 Å². The zero-order valence-electron chi connectivity index (χ0n) is 14.9. The van der Waals surface area contributed by atoms with E-state index in [-0.39, 0.29) is 5.91 Å². The van der Waals surface area contributed by atoms with Crippen molar-refractivity contribution in [1.82, 2.24) is 10.4 Å². The molecule has 0 bridgehead atoms. The molecule has 3 N–H and O–H groups in total. The second-order valence-electron chi connectivity index (χ2n) is 6.42. The molecule has 3 aromatic carbocycles. The van der Waals surface area contributed by atoms with Crippen LogP contribution in [-0.4, -0.2) is 23.1 Å². The zero-order valence-corrected chi connectivity index (χ0v) is 14.9. The Balaban J connectivity index is 1.43. The molecule has 0 unspecified atom stereocenters. The number of aromatic nitrogens is 1. The fourth-order valence-electron chi connectivity index (χ4n) is 3.11. The molecular formula is C22H20N4O. The van der Waals surface area contributed by atoms with Crippen LogP contribution in [0.5, 0.6) is 0 Å². The van der Waals surface area contributed by atoms with Crippen LogP contribution in [0.4, 0.5) is 5.69 Å². The molecule has 1 atom stereocenters. The Morgan fingerprint density at radius 2 is 1.74 bits per heavy atom. The Labute approximate surface area is 157 Å². The first-order valence-electron chi connectivity index (χ1n) is 8.86. The number of nitrogens with one attached hydrogen (secondary N) is 3. The molecule has 134 valence electrons. The molecule has 27 heavy (non-hydrogen) atoms. The van der Waals surface area contributed by atoms with Gasteiger partial charge in [-0.05, 0) is 24.4 Å². The van der Waals surface area contributed by atoms with Gasteiger partial charge in [-0.3, -0.25) is 4.79 Å². The van der Waals surface area contributed by atoms with E-state index in [4.69, 9.17) is 0 Å². The average molecular weight is 356 g/mol. The summed E-state index contributed by atoms with van der Waals surface area (Å²) in [5, 5.41) is 10.7. The molecule has 0 saturated carbocycles. The average Bonchev–Trinajstić information content (AvgIpc) is 3.11. The summed E-state index contributed by atoms with van der Waals surface area (Å²) in [6, 6.07) is 21.6. The number of carbonyl (C=O) groups excluding carboxylic acids is 1. The topological polar surface area (TPSA) is 69.3 Å². The lowest BCUT2D eigenvalue weighted by Crippen LogP contribution is -2.34. The molecule has 5 nitrogen and oxygen atoms in total. The van der Waals surface area contributed by atoms with Crippen molar-refractivity contribution in [3.05, 3.63) is 78.5 Å². The molecule has 1 amide bonds. The van der Waals surface area contributed by atoms with Gasteiger partial charge in [-0.25, -0.2) is 5.43 Å². The third kappa shape index (κ3) is 3.53. The van der Waals surface area contributed by atoms with Gasteiger partial charge in [0.15, 0.2) is 0 Å². The van der Waals surface area contributed by atoms with Gasteiger partial charge >= 0.3 is 0 Å². The number of nitrogens with zero attached hydrogens (tertiary/aromatic N) is 1. The van der Waals surface area contributed by atoms with E-state index in [0.717, 1.165) is 32.9 Å². The number of carbonyl (C=O) groups is 1. The summed E-state index contributed by atoms with van der Waals surface area (Å²) >= 11 is 0. The summed E-state index contributed by atoms with van der Waals surface area (Å²) in [7, 11) is 0. The molecule has 0 aliphatic rings. The highest BCUT2D eigenvalue weighted by molar-refractivity contribution is 5.99. The highest BCUT2D eigenvalue weighted by Crippen LogP contribution is 2.23. The van der Waals surface area contributed by atoms with Gasteiger partial charge in [0, 0.05) is 33.7 Å². The summed E-state index contributed by atoms with van der Waals surface area (Å²) in [5.41, 5.74) is 5.50. The number of hydrogen-bond acceptors (Lipinski definition) is 3. The van der Waals surface area contributed by atoms with Gasteiger partial charge in [0.25, 0.3) is 5.91 Å². The number of aromatic amines is 1. The van der Waals surface area contributed by atoms with Crippen molar-refractivity contribution < 1.29 is 4.79 Å². The molecule has 0 aliphatic heterocycles. The summed E-state index contributed by atoms with van der Waals surface area (Å²) < 4.78 is 0. The SMILES string of the molecule is C[C@@H](Nc1cccc2ccccc12)C(=O)N/N=C\c1c[nH]c2ccccc12. The van der Waals surface area contributed by atoms with E-state index in [1.807, 2.05) is 67.7 Å². The number of rotatable bonds is 5. The highest BCUT2D eigenvalue weighted by Gasteiger charge is 2.13. The predicted molar refractivity (Wildman–Crippen MR) is 111 cm³/mol. The van der Waals surface area contributed by atoms with Crippen LogP contribution in [-0.2, 0) is 4.79 Å². The van der Waals surface area contributed by atoms with E-state index in [0.29, 0.717) is 0 Å². The van der Waals surface area contributed by atoms with Crippen molar-refractivity contribution in [2.24, 2.45) is 5.10 Å². The van der Waals surface area contributed by atoms with E-state index in [1.165, 1.54) is 0 Å². The van der Waals surface area contributed by atoms with Crippen LogP contribution in [0.2, 0.25) is 0 Å². The normalized spacial score (nSPS) is 12.5. The maximum Gasteiger partial charge on any atom is 0.262 e. The third-order valence-corrected chi connectivity index (χ3v) is 4.55. The number of para-hydroxylation sites is 1. The molecule has 5 heteroatoms. The second kappa shape index (κ2) is 7.33. The first kappa shape index (κ1) is 16.8. The maximum absolute atomic E-state index is 12.4. The monoisotopic (exact) mass is 356 g/mol. The standard InChI is InChI=1S/C22H20N4O/c1-15(25-21-12-6-8-16-7-2-3-9-18(16)21)22(27)26-24-14-17-13-23-20-11-5-4-10-19(17)20/h2-15,23,25H,1H3,(H,26,27)/b24-14-/t15-/m1/s1. The molecular weight excluding hydrogens is 336 g/mol. The van der Waals surface area contributed by atoms with Crippen LogP contribution in [0.3, 0.4) is 0 Å². The van der Waals surface area contributed by atoms with Crippen LogP contribution in [0, 0.1) is 0 Å². The smallest absolute Gasteiger partial charge is 0.262 e. The first-order chi connectivity index (χ1) is 13.2. The van der Waals surface area contributed by atoms with Gasteiger partial charge in [0.2, 0.25) is 0 Å². The third-order valence-electron chi connectivity index (χ3n) is 4.55. The first-order valence-corrected chi connectivity index (χ1v) is 8.86. The molecule has 1 heterocycles. The lowest BCUT2D eigenvalue weighted by atomic mass is 10.1. The molecule has 0 saturated heterocycles. The summed E-state index contributed by atoms with van der Waals surface area (Å²) in [6.07, 6.45) is 3.53. The molecule has 0 fully saturated rings. The molecule has 4 rings (SSSR count). The molecule has 4 aromatic rings. The Morgan fingerprint density at radius 3 is 2.63 bits per heavy atom. The van der Waals surface area contributed by atoms with Crippen molar-refractivity contribution in [3.63, 3.8) is 0 Å². The fraction of sp³-hybridized carbons (Fsp3) is 0.0909. The molecule has 0 spiro atoms. The van der Waals surface area contributed by atoms with E-state index in [1.54, 1.807) is 6.21 Å². The Bertz CT molecular complexity index is 1120. The number of amides is 1. The van der Waals surface area contributed by atoms with Gasteiger partial charge in [-0.2, -0.15) is 5.10 Å². The van der Waals surface area contributed by atoms with Crippen LogP contribution >= 0.6 is 0 Å². The quantitative estimate of drug-likeness (QED) is 0.369. The number of benzene rings is 3. The van der Waals surface area contributed by atoms with E-state index in [9.17, 15) is 4.79 Å². The number of H-pyrrole nitrogens is 1. The van der Waals surface area contributed by atoms with Crippen molar-refractivity contribution in [2.75, 3.05) is 5.32 Å². The van der Waals surface area contributed by atoms with Crippen LogP contribution in [0.25, 0.3) is 21.7 Å². The lowest BCUT2D eigenvalue weighted by Gasteiger charge is -2.15. The van der Waals surface area contributed by atoms with E-state index < -0.39 is 6.04 Å².